The molecule has 1 aromatic rings. The van der Waals surface area contributed by atoms with E-state index in [-0.39, 0.29) is 23.6 Å². The number of aromatic nitrogens is 2. The highest BCUT2D eigenvalue weighted by molar-refractivity contribution is 5.92. The average Bonchev–Trinajstić information content (AvgIpc) is 2.96. The van der Waals surface area contributed by atoms with Crippen molar-refractivity contribution in [3.8, 4) is 0 Å². The summed E-state index contributed by atoms with van der Waals surface area (Å²) in [6.45, 7) is 3.11. The Kier molecular flexibility index (Phi) is 4.49. The molecule has 2 heterocycles. The zero-order valence-electron chi connectivity index (χ0n) is 11.6. The molecule has 7 heteroatoms. The van der Waals surface area contributed by atoms with E-state index in [1.54, 1.807) is 12.1 Å². The number of nitrogens with one attached hydrogen (secondary N) is 1. The van der Waals surface area contributed by atoms with E-state index in [0.717, 1.165) is 19.4 Å². The molecule has 0 bridgehead atoms. The van der Waals surface area contributed by atoms with Gasteiger partial charge in [0, 0.05) is 13.1 Å². The number of hydrogen-bond donors (Lipinski definition) is 1. The van der Waals surface area contributed by atoms with Crippen LogP contribution in [0.5, 0.6) is 0 Å². The van der Waals surface area contributed by atoms with Crippen molar-refractivity contribution in [3.63, 3.8) is 0 Å². The highest BCUT2D eigenvalue weighted by atomic mass is 16.5. The third-order valence-electron chi connectivity index (χ3n) is 3.24. The fourth-order valence-electron chi connectivity index (χ4n) is 2.27. The predicted molar refractivity (Wildman–Crippen MR) is 72.4 cm³/mol. The van der Waals surface area contributed by atoms with Gasteiger partial charge in [0.15, 0.2) is 11.5 Å². The summed E-state index contributed by atoms with van der Waals surface area (Å²) in [5.41, 5.74) is 0.268. The molecule has 1 amide bonds. The molecule has 0 aliphatic carbocycles. The normalized spacial score (nSPS) is 17.9. The number of esters is 1. The van der Waals surface area contributed by atoms with Crippen molar-refractivity contribution >= 4 is 17.7 Å². The molecule has 1 N–H and O–H groups in total. The van der Waals surface area contributed by atoms with Gasteiger partial charge in [-0.3, -0.25) is 4.79 Å². The summed E-state index contributed by atoms with van der Waals surface area (Å²) >= 11 is 0. The monoisotopic (exact) mass is 278 g/mol. The SMILES string of the molecule is CCNC(=O)c1ccc(N2CCCC2C(=O)OC)nn1. The van der Waals surface area contributed by atoms with Gasteiger partial charge in [-0.1, -0.05) is 0 Å². The molecule has 7 nitrogen and oxygen atoms in total. The van der Waals surface area contributed by atoms with E-state index < -0.39 is 0 Å². The lowest BCUT2D eigenvalue weighted by atomic mass is 10.2. The Labute approximate surface area is 117 Å². The molecule has 1 fully saturated rings. The van der Waals surface area contributed by atoms with Gasteiger partial charge in [-0.2, -0.15) is 0 Å². The van der Waals surface area contributed by atoms with Crippen LogP contribution < -0.4 is 10.2 Å². The van der Waals surface area contributed by atoms with Crippen LogP contribution in [0.1, 0.15) is 30.3 Å². The standard InChI is InChI=1S/C13H18N4O3/c1-3-14-12(18)9-6-7-11(16-15-9)17-8-4-5-10(17)13(19)20-2/h6-7,10H,3-5,8H2,1-2H3,(H,14,18). The van der Waals surface area contributed by atoms with Gasteiger partial charge in [-0.05, 0) is 31.9 Å². The lowest BCUT2D eigenvalue weighted by Crippen LogP contribution is -2.37. The lowest BCUT2D eigenvalue weighted by molar-refractivity contribution is -0.141. The van der Waals surface area contributed by atoms with E-state index in [1.807, 2.05) is 11.8 Å². The molecule has 1 aliphatic heterocycles. The molecule has 0 spiro atoms. The van der Waals surface area contributed by atoms with Crippen LogP contribution in [0.3, 0.4) is 0 Å². The molecule has 20 heavy (non-hydrogen) atoms. The van der Waals surface area contributed by atoms with E-state index in [1.165, 1.54) is 7.11 Å². The van der Waals surface area contributed by atoms with Crippen molar-refractivity contribution in [2.24, 2.45) is 0 Å². The minimum Gasteiger partial charge on any atom is -0.467 e. The number of hydrogen-bond acceptors (Lipinski definition) is 6. The number of anilines is 1. The second-order valence-electron chi connectivity index (χ2n) is 4.51. The molecule has 1 atom stereocenters. The van der Waals surface area contributed by atoms with Crippen molar-refractivity contribution in [2.45, 2.75) is 25.8 Å². The highest BCUT2D eigenvalue weighted by Gasteiger charge is 2.32. The number of ether oxygens (including phenoxy) is 1. The molecule has 1 unspecified atom stereocenters. The van der Waals surface area contributed by atoms with Gasteiger partial charge < -0.3 is 15.0 Å². The van der Waals surface area contributed by atoms with E-state index in [4.69, 9.17) is 4.74 Å². The zero-order valence-corrected chi connectivity index (χ0v) is 11.6. The third kappa shape index (κ3) is 2.87. The fraction of sp³-hybridized carbons (Fsp3) is 0.538. The first-order valence-corrected chi connectivity index (χ1v) is 6.63. The van der Waals surface area contributed by atoms with Gasteiger partial charge in [0.25, 0.3) is 5.91 Å². The number of nitrogens with zero attached hydrogens (tertiary/aromatic N) is 3. The maximum atomic E-state index is 11.7. The van der Waals surface area contributed by atoms with Crippen molar-refractivity contribution < 1.29 is 14.3 Å². The number of rotatable bonds is 4. The number of methoxy groups -OCH3 is 1. The largest absolute Gasteiger partial charge is 0.467 e. The first-order chi connectivity index (χ1) is 9.67. The van der Waals surface area contributed by atoms with E-state index in [9.17, 15) is 9.59 Å². The Morgan fingerprint density at radius 3 is 2.85 bits per heavy atom. The lowest BCUT2D eigenvalue weighted by Gasteiger charge is -2.22. The van der Waals surface area contributed by atoms with Gasteiger partial charge in [-0.25, -0.2) is 4.79 Å². The number of carbonyl (C=O) groups excluding carboxylic acids is 2. The number of carbonyl (C=O) groups is 2. The van der Waals surface area contributed by atoms with Crippen LogP contribution in [-0.2, 0) is 9.53 Å². The van der Waals surface area contributed by atoms with E-state index >= 15 is 0 Å². The minimum absolute atomic E-state index is 0.252. The third-order valence-corrected chi connectivity index (χ3v) is 3.24. The van der Waals surface area contributed by atoms with Crippen molar-refractivity contribution in [2.75, 3.05) is 25.1 Å². The topological polar surface area (TPSA) is 84.4 Å². The highest BCUT2D eigenvalue weighted by Crippen LogP contribution is 2.24. The van der Waals surface area contributed by atoms with Crippen LogP contribution in [-0.4, -0.2) is 48.3 Å². The van der Waals surface area contributed by atoms with Crippen molar-refractivity contribution in [1.29, 1.82) is 0 Å². The Bertz CT molecular complexity index is 489. The Morgan fingerprint density at radius 2 is 2.25 bits per heavy atom. The first kappa shape index (κ1) is 14.2. The minimum atomic E-state index is -0.315. The van der Waals surface area contributed by atoms with Gasteiger partial charge >= 0.3 is 5.97 Å². The van der Waals surface area contributed by atoms with Crippen LogP contribution in [0, 0.1) is 0 Å². The molecule has 108 valence electrons. The average molecular weight is 278 g/mol. The molecule has 2 rings (SSSR count). The Balaban J connectivity index is 2.13. The predicted octanol–water partition coefficient (Wildman–Crippen LogP) is 0.368. The van der Waals surface area contributed by atoms with E-state index in [2.05, 4.69) is 15.5 Å². The van der Waals surface area contributed by atoms with Gasteiger partial charge in [-0.15, -0.1) is 10.2 Å². The van der Waals surface area contributed by atoms with E-state index in [0.29, 0.717) is 12.4 Å². The van der Waals surface area contributed by atoms with Crippen molar-refractivity contribution in [1.82, 2.24) is 15.5 Å². The van der Waals surface area contributed by atoms with Gasteiger partial charge in [0.1, 0.15) is 6.04 Å². The molecule has 1 aliphatic rings. The Morgan fingerprint density at radius 1 is 1.45 bits per heavy atom. The maximum absolute atomic E-state index is 11.7. The summed E-state index contributed by atoms with van der Waals surface area (Å²) in [6, 6.07) is 3.00. The van der Waals surface area contributed by atoms with Crippen LogP contribution >= 0.6 is 0 Å². The zero-order chi connectivity index (χ0) is 14.5. The van der Waals surface area contributed by atoms with Crippen LogP contribution in [0.4, 0.5) is 5.82 Å². The first-order valence-electron chi connectivity index (χ1n) is 6.63. The summed E-state index contributed by atoms with van der Waals surface area (Å²) < 4.78 is 4.79. The second-order valence-corrected chi connectivity index (χ2v) is 4.51. The molecule has 0 saturated carbocycles. The number of amides is 1. The molecule has 0 radical (unpaired) electrons. The smallest absolute Gasteiger partial charge is 0.328 e. The maximum Gasteiger partial charge on any atom is 0.328 e. The Hall–Kier alpha value is -2.18. The van der Waals surface area contributed by atoms with Crippen LogP contribution in [0.2, 0.25) is 0 Å². The molecule has 1 saturated heterocycles. The molecule has 1 aromatic heterocycles. The summed E-state index contributed by atoms with van der Waals surface area (Å²) in [5.74, 6) is 0.0699. The molecular weight excluding hydrogens is 260 g/mol. The fourth-order valence-corrected chi connectivity index (χ4v) is 2.27. The summed E-state index contributed by atoms with van der Waals surface area (Å²) in [7, 11) is 1.38. The molecule has 0 aromatic carbocycles. The van der Waals surface area contributed by atoms with Gasteiger partial charge in [0.05, 0.1) is 7.11 Å². The van der Waals surface area contributed by atoms with Crippen LogP contribution in [0.25, 0.3) is 0 Å². The van der Waals surface area contributed by atoms with Gasteiger partial charge in [0.2, 0.25) is 0 Å². The summed E-state index contributed by atoms with van der Waals surface area (Å²) in [6.07, 6.45) is 1.64. The molecular formula is C13H18N4O3. The summed E-state index contributed by atoms with van der Waals surface area (Å²) in [5, 5.41) is 10.6. The summed E-state index contributed by atoms with van der Waals surface area (Å²) in [4.78, 5) is 25.1. The second kappa shape index (κ2) is 6.31. The van der Waals surface area contributed by atoms with Crippen molar-refractivity contribution in [3.05, 3.63) is 17.8 Å². The quantitative estimate of drug-likeness (QED) is 0.801. The van der Waals surface area contributed by atoms with Crippen LogP contribution in [0.15, 0.2) is 12.1 Å².